The molecule has 0 aromatic heterocycles. The number of carbonyl (C=O) groups excluding carboxylic acids is 2. The van der Waals surface area contributed by atoms with Gasteiger partial charge in [-0.1, -0.05) is 36.9 Å². The molecule has 0 amide bonds. The van der Waals surface area contributed by atoms with Crippen molar-refractivity contribution in [3.8, 4) is 0 Å². The van der Waals surface area contributed by atoms with E-state index < -0.39 is 17.4 Å². The highest BCUT2D eigenvalue weighted by Crippen LogP contribution is 2.34. The van der Waals surface area contributed by atoms with Crippen molar-refractivity contribution in [2.24, 2.45) is 0 Å². The summed E-state index contributed by atoms with van der Waals surface area (Å²) in [6.07, 6.45) is 1.08. The van der Waals surface area contributed by atoms with Crippen LogP contribution in [0.15, 0.2) is 36.9 Å². The monoisotopic (exact) mass is 234 g/mol. The zero-order valence-electron chi connectivity index (χ0n) is 9.11. The zero-order valence-corrected chi connectivity index (χ0v) is 9.11. The van der Waals surface area contributed by atoms with Gasteiger partial charge in [0.1, 0.15) is 6.61 Å². The van der Waals surface area contributed by atoms with Gasteiger partial charge in [0.25, 0.3) is 5.67 Å². The quantitative estimate of drug-likeness (QED) is 0.455. The van der Waals surface area contributed by atoms with Crippen LogP contribution in [0.25, 0.3) is 0 Å². The summed E-state index contributed by atoms with van der Waals surface area (Å²) in [6.45, 7) is 3.25. The Bertz CT molecular complexity index is 495. The molecule has 1 aliphatic carbocycles. The van der Waals surface area contributed by atoms with Gasteiger partial charge >= 0.3 is 5.97 Å². The van der Waals surface area contributed by atoms with Crippen LogP contribution in [0, 0.1) is 0 Å². The summed E-state index contributed by atoms with van der Waals surface area (Å²) in [5.74, 6) is -1.96. The molecule has 0 spiro atoms. The molecule has 0 N–H and O–H groups in total. The van der Waals surface area contributed by atoms with Gasteiger partial charge in [0.15, 0.2) is 0 Å². The van der Waals surface area contributed by atoms with Crippen LogP contribution in [-0.2, 0) is 16.0 Å². The van der Waals surface area contributed by atoms with E-state index in [0.717, 1.165) is 0 Å². The topological polar surface area (TPSA) is 43.4 Å². The highest BCUT2D eigenvalue weighted by molar-refractivity contribution is 6.18. The fourth-order valence-electron chi connectivity index (χ4n) is 1.87. The third kappa shape index (κ3) is 1.75. The molecule has 1 unspecified atom stereocenters. The summed E-state index contributed by atoms with van der Waals surface area (Å²) < 4.78 is 19.0. The van der Waals surface area contributed by atoms with E-state index in [2.05, 4.69) is 11.3 Å². The summed E-state index contributed by atoms with van der Waals surface area (Å²) in [5.41, 5.74) is -1.78. The fraction of sp³-hybridized carbons (Fsp3) is 0.231. The van der Waals surface area contributed by atoms with E-state index in [1.807, 2.05) is 0 Å². The van der Waals surface area contributed by atoms with Gasteiger partial charge in [-0.05, 0) is 5.56 Å². The third-order valence-electron chi connectivity index (χ3n) is 2.71. The molecule has 0 saturated heterocycles. The number of carbonyl (C=O) groups is 2. The van der Waals surface area contributed by atoms with Crippen LogP contribution in [-0.4, -0.2) is 24.0 Å². The largest absolute Gasteiger partial charge is 0.459 e. The Kier molecular flexibility index (Phi) is 2.79. The lowest BCUT2D eigenvalue weighted by atomic mass is 10.0. The summed E-state index contributed by atoms with van der Waals surface area (Å²) >= 11 is 0. The molecule has 1 aromatic carbocycles. The lowest BCUT2D eigenvalue weighted by Crippen LogP contribution is -2.41. The Labute approximate surface area is 97.9 Å². The molecule has 17 heavy (non-hydrogen) atoms. The molecular formula is C13H11FO3. The number of fused-ring (bicyclic) bond motifs is 1. The van der Waals surface area contributed by atoms with E-state index in [0.29, 0.717) is 5.56 Å². The molecule has 1 aromatic rings. The molecule has 4 heteroatoms. The maximum absolute atomic E-state index is 14.4. The van der Waals surface area contributed by atoms with Gasteiger partial charge in [0.05, 0.1) is 0 Å². The van der Waals surface area contributed by atoms with Crippen LogP contribution in [0.5, 0.6) is 0 Å². The van der Waals surface area contributed by atoms with E-state index in [1.54, 1.807) is 18.2 Å². The van der Waals surface area contributed by atoms with Gasteiger partial charge in [-0.2, -0.15) is 0 Å². The first kappa shape index (κ1) is 11.5. The van der Waals surface area contributed by atoms with Crippen molar-refractivity contribution >= 4 is 11.8 Å². The number of ether oxygens (including phenoxy) is 1. The average Bonchev–Trinajstić information content (AvgIpc) is 2.60. The van der Waals surface area contributed by atoms with Crippen molar-refractivity contribution in [1.29, 1.82) is 0 Å². The number of hydrogen-bond acceptors (Lipinski definition) is 3. The molecule has 1 atom stereocenters. The lowest BCUT2D eigenvalue weighted by molar-refractivity contribution is -0.152. The molecule has 0 radical (unpaired) electrons. The maximum Gasteiger partial charge on any atom is 0.352 e. The minimum Gasteiger partial charge on any atom is -0.459 e. The molecule has 2 rings (SSSR count). The lowest BCUT2D eigenvalue weighted by Gasteiger charge is -2.14. The number of alkyl halides is 1. The van der Waals surface area contributed by atoms with Crippen molar-refractivity contribution in [2.45, 2.75) is 12.1 Å². The Morgan fingerprint density at radius 3 is 2.88 bits per heavy atom. The SMILES string of the molecule is C=CCOC(=O)C1(F)Cc2ccccc2C1=O. The minimum absolute atomic E-state index is 0.103. The molecule has 0 aliphatic heterocycles. The van der Waals surface area contributed by atoms with Crippen LogP contribution in [0.3, 0.4) is 0 Å². The number of halogens is 1. The minimum atomic E-state index is -2.58. The zero-order chi connectivity index (χ0) is 12.5. The first-order chi connectivity index (χ1) is 8.09. The van der Waals surface area contributed by atoms with Gasteiger partial charge in [-0.15, -0.1) is 0 Å². The van der Waals surface area contributed by atoms with Gasteiger partial charge in [-0.3, -0.25) is 4.79 Å². The Hall–Kier alpha value is -1.97. The maximum atomic E-state index is 14.4. The van der Waals surface area contributed by atoms with Crippen LogP contribution in [0.1, 0.15) is 15.9 Å². The van der Waals surface area contributed by atoms with Gasteiger partial charge in [0, 0.05) is 12.0 Å². The Morgan fingerprint density at radius 2 is 2.24 bits per heavy atom. The predicted molar refractivity (Wildman–Crippen MR) is 59.5 cm³/mol. The summed E-state index contributed by atoms with van der Waals surface area (Å²) in [7, 11) is 0. The van der Waals surface area contributed by atoms with Crippen molar-refractivity contribution < 1.29 is 18.7 Å². The predicted octanol–water partition coefficient (Wildman–Crippen LogP) is 1.86. The third-order valence-corrected chi connectivity index (χ3v) is 2.71. The van der Waals surface area contributed by atoms with Crippen LogP contribution in [0.2, 0.25) is 0 Å². The summed E-state index contributed by atoms with van der Waals surface area (Å²) in [4.78, 5) is 23.4. The van der Waals surface area contributed by atoms with Crippen molar-refractivity contribution in [2.75, 3.05) is 6.61 Å². The van der Waals surface area contributed by atoms with Gasteiger partial charge in [0.2, 0.25) is 5.78 Å². The number of benzene rings is 1. The van der Waals surface area contributed by atoms with Crippen LogP contribution in [0.4, 0.5) is 4.39 Å². The normalized spacial score (nSPS) is 22.1. The second-order valence-corrected chi connectivity index (χ2v) is 3.85. The molecular weight excluding hydrogens is 223 g/mol. The molecule has 0 bridgehead atoms. The molecule has 88 valence electrons. The molecule has 3 nitrogen and oxygen atoms in total. The standard InChI is InChI=1S/C13H11FO3/c1-2-7-17-12(16)13(14)8-9-5-3-4-6-10(9)11(13)15/h2-6H,1,7-8H2. The number of hydrogen-bond donors (Lipinski definition) is 0. The number of rotatable bonds is 3. The van der Waals surface area contributed by atoms with E-state index in [9.17, 15) is 14.0 Å². The van der Waals surface area contributed by atoms with E-state index in [1.165, 1.54) is 12.1 Å². The summed E-state index contributed by atoms with van der Waals surface area (Å²) in [6, 6.07) is 6.49. The smallest absolute Gasteiger partial charge is 0.352 e. The molecule has 0 heterocycles. The Balaban J connectivity index is 2.28. The first-order valence-corrected chi connectivity index (χ1v) is 5.19. The fourth-order valence-corrected chi connectivity index (χ4v) is 1.87. The van der Waals surface area contributed by atoms with Crippen LogP contribution < -0.4 is 0 Å². The first-order valence-electron chi connectivity index (χ1n) is 5.19. The second kappa shape index (κ2) is 4.13. The Morgan fingerprint density at radius 1 is 1.53 bits per heavy atom. The van der Waals surface area contributed by atoms with Gasteiger partial charge < -0.3 is 4.74 Å². The van der Waals surface area contributed by atoms with Crippen molar-refractivity contribution in [3.63, 3.8) is 0 Å². The van der Waals surface area contributed by atoms with E-state index in [-0.39, 0.29) is 18.6 Å². The van der Waals surface area contributed by atoms with Crippen LogP contribution >= 0.6 is 0 Å². The second-order valence-electron chi connectivity index (χ2n) is 3.85. The molecule has 0 fully saturated rings. The number of Topliss-reactive ketones (excluding diaryl/α,β-unsaturated/α-hetero) is 1. The summed E-state index contributed by atoms with van der Waals surface area (Å²) in [5, 5.41) is 0. The van der Waals surface area contributed by atoms with E-state index in [4.69, 9.17) is 0 Å². The number of ketones is 1. The van der Waals surface area contributed by atoms with Crippen molar-refractivity contribution in [3.05, 3.63) is 48.0 Å². The van der Waals surface area contributed by atoms with E-state index >= 15 is 0 Å². The highest BCUT2D eigenvalue weighted by atomic mass is 19.1. The molecule has 0 saturated carbocycles. The van der Waals surface area contributed by atoms with Gasteiger partial charge in [-0.25, -0.2) is 9.18 Å². The average molecular weight is 234 g/mol. The van der Waals surface area contributed by atoms with Crippen molar-refractivity contribution in [1.82, 2.24) is 0 Å². The highest BCUT2D eigenvalue weighted by Gasteiger charge is 2.53. The number of esters is 1. The molecule has 1 aliphatic rings.